The molecule has 2 aliphatic heterocycles. The Morgan fingerprint density at radius 3 is 2.43 bits per heavy atom. The average Bonchev–Trinajstić information content (AvgIpc) is 2.95. The van der Waals surface area contributed by atoms with E-state index >= 15 is 0 Å². The third-order valence-electron chi connectivity index (χ3n) is 7.69. The predicted octanol–water partition coefficient (Wildman–Crippen LogP) is 5.18. The van der Waals surface area contributed by atoms with Gasteiger partial charge >= 0.3 is 12.3 Å². The molecule has 202 valence electrons. The molecule has 0 aromatic heterocycles. The van der Waals surface area contributed by atoms with Gasteiger partial charge in [0.05, 0.1) is 25.8 Å². The van der Waals surface area contributed by atoms with E-state index in [0.29, 0.717) is 34.5 Å². The molecule has 2 fully saturated rings. The van der Waals surface area contributed by atoms with Crippen LogP contribution in [0.15, 0.2) is 42.5 Å². The number of aliphatic carboxylic acids is 1. The largest absolute Gasteiger partial charge is 0.542 e. The molecular weight excluding hydrogens is 516 g/mol. The van der Waals surface area contributed by atoms with E-state index < -0.39 is 24.1 Å². The zero-order valence-corrected chi connectivity index (χ0v) is 21.5. The Balaban J connectivity index is 0.000000479. The maximum absolute atomic E-state index is 14.8. The van der Waals surface area contributed by atoms with Crippen molar-refractivity contribution in [3.8, 4) is 11.1 Å². The quantitative estimate of drug-likeness (QED) is 0.393. The lowest BCUT2D eigenvalue weighted by Gasteiger charge is -2.49. The first-order chi connectivity index (χ1) is 17.2. The molecule has 2 atom stereocenters. The molecule has 0 aliphatic carbocycles. The first-order valence-electron chi connectivity index (χ1n) is 11.8. The van der Waals surface area contributed by atoms with Crippen LogP contribution in [0.4, 0.5) is 28.0 Å². The molecular formula is C26H29ClF4N2O4. The average molecular weight is 545 g/mol. The molecule has 2 bridgehead atoms. The number of carboxylic acids is 1. The Labute approximate surface area is 218 Å². The maximum atomic E-state index is 14.8. The van der Waals surface area contributed by atoms with Gasteiger partial charge in [-0.2, -0.15) is 13.2 Å². The van der Waals surface area contributed by atoms with Crippen molar-refractivity contribution in [3.05, 3.63) is 53.3 Å². The molecule has 2 aromatic carbocycles. The SMILES string of the molecule is CN(C(=O)OC[C@]12CCC[C@H](CC1)[N+]2(C)C)c1cccc(F)c1-c1cccc(Cl)c1.O=C([O-])C(F)(F)F. The van der Waals surface area contributed by atoms with E-state index in [9.17, 15) is 22.4 Å². The molecule has 2 aromatic rings. The van der Waals surface area contributed by atoms with Crippen LogP contribution in [0.25, 0.3) is 11.1 Å². The minimum absolute atomic E-state index is 0.0167. The number of fused-ring (bicyclic) bond motifs is 2. The van der Waals surface area contributed by atoms with E-state index in [1.165, 1.54) is 30.2 Å². The van der Waals surface area contributed by atoms with Crippen molar-refractivity contribution in [2.24, 2.45) is 0 Å². The highest BCUT2D eigenvalue weighted by Gasteiger charge is 2.58. The van der Waals surface area contributed by atoms with Gasteiger partial charge in [0.15, 0.2) is 0 Å². The molecule has 1 amide bonds. The predicted molar refractivity (Wildman–Crippen MR) is 129 cm³/mol. The number of likely N-dealkylation sites (N-methyl/N-ethyl adjacent to an activating group) is 1. The van der Waals surface area contributed by atoms with Gasteiger partial charge in [0.25, 0.3) is 0 Å². The molecule has 0 N–H and O–H groups in total. The second kappa shape index (κ2) is 10.9. The molecule has 0 spiro atoms. The fraction of sp³-hybridized carbons (Fsp3) is 0.462. The molecule has 2 heterocycles. The second-order valence-electron chi connectivity index (χ2n) is 9.89. The Hall–Kier alpha value is -2.85. The smallest absolute Gasteiger partial charge is 0.430 e. The zero-order chi connectivity index (χ0) is 27.6. The van der Waals surface area contributed by atoms with E-state index in [2.05, 4.69) is 14.1 Å². The Bertz CT molecular complexity index is 1150. The Morgan fingerprint density at radius 1 is 1.16 bits per heavy atom. The highest BCUT2D eigenvalue weighted by atomic mass is 35.5. The van der Waals surface area contributed by atoms with Gasteiger partial charge in [-0.3, -0.25) is 4.90 Å². The number of anilines is 1. The lowest BCUT2D eigenvalue weighted by atomic mass is 9.87. The summed E-state index contributed by atoms with van der Waals surface area (Å²) < 4.78 is 53.1. The van der Waals surface area contributed by atoms with Crippen molar-refractivity contribution in [2.75, 3.05) is 32.6 Å². The number of rotatable bonds is 4. The number of carboxylic acid groups (broad SMARTS) is 1. The first kappa shape index (κ1) is 28.7. The molecule has 37 heavy (non-hydrogen) atoms. The van der Waals surface area contributed by atoms with Gasteiger partial charge in [0.2, 0.25) is 0 Å². The van der Waals surface area contributed by atoms with Gasteiger partial charge < -0.3 is 19.1 Å². The minimum Gasteiger partial charge on any atom is -0.542 e. The van der Waals surface area contributed by atoms with Gasteiger partial charge in [-0.15, -0.1) is 0 Å². The molecule has 6 nitrogen and oxygen atoms in total. The standard InChI is InChI=1S/C24H29ClFN2O2.C2HF3O2/c1-27(21-11-5-10-20(26)22(21)17-7-4-8-18(25)15-17)23(29)30-16-24-13-6-9-19(12-14-24)28(24,2)3;3-2(4,5)1(6)7/h4-5,7-8,10-11,15,19H,6,9,12-14,16H2,1-3H3;(H,6,7)/q+1;/p-1/t19-,24+;/m1./s1. The van der Waals surface area contributed by atoms with Crippen LogP contribution in [0.5, 0.6) is 0 Å². The van der Waals surface area contributed by atoms with E-state index in [1.54, 1.807) is 43.4 Å². The fourth-order valence-electron chi connectivity index (χ4n) is 5.40. The highest BCUT2D eigenvalue weighted by molar-refractivity contribution is 6.30. The van der Waals surface area contributed by atoms with Crippen molar-refractivity contribution in [1.29, 1.82) is 0 Å². The number of ether oxygens (including phenoxy) is 1. The number of quaternary nitrogens is 1. The minimum atomic E-state index is -5.19. The fourth-order valence-corrected chi connectivity index (χ4v) is 5.59. The van der Waals surface area contributed by atoms with E-state index in [-0.39, 0.29) is 5.54 Å². The number of hydrogen-bond donors (Lipinski definition) is 0. The number of benzene rings is 2. The lowest BCUT2D eigenvalue weighted by molar-refractivity contribution is -0.956. The number of alkyl halides is 3. The molecule has 2 saturated heterocycles. The maximum Gasteiger partial charge on any atom is 0.430 e. The summed E-state index contributed by atoms with van der Waals surface area (Å²) >= 11 is 6.11. The third kappa shape index (κ3) is 6.01. The molecule has 11 heteroatoms. The summed E-state index contributed by atoms with van der Waals surface area (Å²) in [4.78, 5) is 23.2. The molecule has 4 rings (SSSR count). The van der Waals surface area contributed by atoms with Gasteiger partial charge in [-0.05, 0) is 42.7 Å². The summed E-state index contributed by atoms with van der Waals surface area (Å²) in [6.45, 7) is 0.390. The summed E-state index contributed by atoms with van der Waals surface area (Å²) in [7, 11) is 6.15. The van der Waals surface area contributed by atoms with E-state index in [0.717, 1.165) is 17.3 Å². The van der Waals surface area contributed by atoms with Gasteiger partial charge in [0, 0.05) is 36.9 Å². The monoisotopic (exact) mass is 544 g/mol. The van der Waals surface area contributed by atoms with Crippen molar-refractivity contribution < 1.29 is 41.5 Å². The molecule has 0 unspecified atom stereocenters. The van der Waals surface area contributed by atoms with E-state index in [4.69, 9.17) is 26.2 Å². The zero-order valence-electron chi connectivity index (χ0n) is 20.8. The molecule has 0 radical (unpaired) electrons. The van der Waals surface area contributed by atoms with Crippen LogP contribution in [-0.4, -0.2) is 62.1 Å². The van der Waals surface area contributed by atoms with Gasteiger partial charge in [-0.1, -0.05) is 29.8 Å². The summed E-state index contributed by atoms with van der Waals surface area (Å²) in [5.41, 5.74) is 1.41. The van der Waals surface area contributed by atoms with Crippen molar-refractivity contribution in [2.45, 2.75) is 49.9 Å². The summed E-state index contributed by atoms with van der Waals surface area (Å²) in [5, 5.41) is 9.30. The first-order valence-corrected chi connectivity index (χ1v) is 12.1. The van der Waals surface area contributed by atoms with Crippen molar-refractivity contribution in [1.82, 2.24) is 0 Å². The third-order valence-corrected chi connectivity index (χ3v) is 7.93. The Kier molecular flexibility index (Phi) is 8.44. The van der Waals surface area contributed by atoms with Crippen molar-refractivity contribution >= 4 is 29.4 Å². The number of carbonyl (C=O) groups excluding carboxylic acids is 2. The summed E-state index contributed by atoms with van der Waals surface area (Å²) in [6, 6.07) is 12.3. The number of amides is 1. The number of carbonyl (C=O) groups is 2. The molecule has 0 saturated carbocycles. The number of piperidine rings is 1. The van der Waals surface area contributed by atoms with Gasteiger partial charge in [0.1, 0.15) is 23.9 Å². The number of nitrogens with zero attached hydrogens (tertiary/aromatic N) is 2. The van der Waals surface area contributed by atoms with Crippen LogP contribution >= 0.6 is 11.6 Å². The lowest BCUT2D eigenvalue weighted by Crippen LogP contribution is -2.63. The Morgan fingerprint density at radius 2 is 1.81 bits per heavy atom. The number of halogens is 5. The number of hydrogen-bond acceptors (Lipinski definition) is 4. The van der Waals surface area contributed by atoms with E-state index in [1.807, 2.05) is 0 Å². The summed E-state index contributed by atoms with van der Waals surface area (Å²) in [6.07, 6.45) is 0.101. The normalized spacial score (nSPS) is 22.0. The van der Waals surface area contributed by atoms with Gasteiger partial charge in [-0.25, -0.2) is 9.18 Å². The topological polar surface area (TPSA) is 69.7 Å². The highest BCUT2D eigenvalue weighted by Crippen LogP contribution is 2.48. The van der Waals surface area contributed by atoms with Crippen molar-refractivity contribution in [3.63, 3.8) is 0 Å². The van der Waals surface area contributed by atoms with Crippen LogP contribution in [0.2, 0.25) is 5.02 Å². The van der Waals surface area contributed by atoms with Crippen LogP contribution in [-0.2, 0) is 9.53 Å². The second-order valence-corrected chi connectivity index (χ2v) is 10.3. The van der Waals surface area contributed by atoms with Crippen LogP contribution < -0.4 is 10.0 Å². The summed E-state index contributed by atoms with van der Waals surface area (Å²) in [5.74, 6) is -3.41. The van der Waals surface area contributed by atoms with Crippen LogP contribution in [0, 0.1) is 5.82 Å². The van der Waals surface area contributed by atoms with Crippen LogP contribution in [0.1, 0.15) is 32.1 Å². The molecule has 2 aliphatic rings. The van der Waals surface area contributed by atoms with Crippen LogP contribution in [0.3, 0.4) is 0 Å².